The monoisotopic (exact) mass is 303 g/mol. The summed E-state index contributed by atoms with van der Waals surface area (Å²) in [6, 6.07) is 0. The van der Waals surface area contributed by atoms with Gasteiger partial charge in [0, 0.05) is 12.8 Å². The Morgan fingerprint density at radius 1 is 0.714 bits per heavy atom. The third-order valence-corrected chi connectivity index (χ3v) is 2.95. The van der Waals surface area contributed by atoms with E-state index in [0.717, 1.165) is 12.8 Å². The van der Waals surface area contributed by atoms with Crippen LogP contribution in [0.25, 0.3) is 0 Å². The summed E-state index contributed by atoms with van der Waals surface area (Å²) in [6.45, 7) is 6.86. The SMILES string of the molecule is CCCCNCCCC.O=C(O)CCCCCCC(=O)O. The second kappa shape index (κ2) is 18.9. The van der Waals surface area contributed by atoms with Gasteiger partial charge in [0.15, 0.2) is 0 Å². The molecule has 0 heterocycles. The first-order valence-electron chi connectivity index (χ1n) is 8.18. The van der Waals surface area contributed by atoms with E-state index in [2.05, 4.69) is 19.2 Å². The number of rotatable bonds is 13. The number of carbonyl (C=O) groups is 2. The lowest BCUT2D eigenvalue weighted by molar-refractivity contribution is -0.138. The van der Waals surface area contributed by atoms with Gasteiger partial charge in [-0.1, -0.05) is 39.5 Å². The minimum Gasteiger partial charge on any atom is -0.481 e. The fourth-order valence-electron chi connectivity index (χ4n) is 1.63. The maximum atomic E-state index is 10.0. The molecule has 0 spiro atoms. The van der Waals surface area contributed by atoms with Crippen molar-refractivity contribution in [1.82, 2.24) is 5.32 Å². The van der Waals surface area contributed by atoms with Gasteiger partial charge in [-0.2, -0.15) is 0 Å². The quantitative estimate of drug-likeness (QED) is 0.452. The normalized spacial score (nSPS) is 9.81. The fraction of sp³-hybridized carbons (Fsp3) is 0.875. The zero-order valence-corrected chi connectivity index (χ0v) is 13.7. The Labute approximate surface area is 129 Å². The highest BCUT2D eigenvalue weighted by Crippen LogP contribution is 2.04. The van der Waals surface area contributed by atoms with Crippen LogP contribution in [0.15, 0.2) is 0 Å². The van der Waals surface area contributed by atoms with Crippen molar-refractivity contribution in [3.63, 3.8) is 0 Å². The predicted octanol–water partition coefficient (Wildman–Crippen LogP) is 3.67. The Bertz CT molecular complexity index is 220. The molecule has 5 heteroatoms. The van der Waals surface area contributed by atoms with E-state index in [4.69, 9.17) is 10.2 Å². The molecule has 0 aliphatic carbocycles. The summed E-state index contributed by atoms with van der Waals surface area (Å²) in [7, 11) is 0. The molecule has 0 aromatic rings. The Kier molecular flexibility index (Phi) is 20.0. The van der Waals surface area contributed by atoms with Crippen LogP contribution in [0, 0.1) is 0 Å². The van der Waals surface area contributed by atoms with Crippen LogP contribution in [0.3, 0.4) is 0 Å². The van der Waals surface area contributed by atoms with Gasteiger partial charge in [-0.05, 0) is 38.8 Å². The first-order valence-corrected chi connectivity index (χ1v) is 8.18. The fourth-order valence-corrected chi connectivity index (χ4v) is 1.63. The molecule has 0 saturated heterocycles. The molecule has 0 aromatic carbocycles. The maximum absolute atomic E-state index is 10.0. The molecule has 0 atom stereocenters. The van der Waals surface area contributed by atoms with Crippen molar-refractivity contribution in [3.8, 4) is 0 Å². The van der Waals surface area contributed by atoms with Gasteiger partial charge in [0.2, 0.25) is 0 Å². The molecule has 21 heavy (non-hydrogen) atoms. The van der Waals surface area contributed by atoms with E-state index in [1.165, 1.54) is 38.8 Å². The lowest BCUT2D eigenvalue weighted by atomic mass is 10.1. The van der Waals surface area contributed by atoms with Gasteiger partial charge in [-0.3, -0.25) is 9.59 Å². The standard InChI is InChI=1S/C8H19N.C8H14O4/c1-3-5-7-9-8-6-4-2;9-7(10)5-3-1-2-4-6-8(11)12/h9H,3-8H2,1-2H3;1-6H2,(H,9,10)(H,11,12). The molecule has 0 fully saturated rings. The van der Waals surface area contributed by atoms with Crippen LogP contribution in [-0.4, -0.2) is 35.2 Å². The van der Waals surface area contributed by atoms with Crippen LogP contribution in [-0.2, 0) is 9.59 Å². The van der Waals surface area contributed by atoms with Crippen molar-refractivity contribution < 1.29 is 19.8 Å². The number of aliphatic carboxylic acids is 2. The second-order valence-corrected chi connectivity index (χ2v) is 5.16. The van der Waals surface area contributed by atoms with Gasteiger partial charge in [-0.25, -0.2) is 0 Å². The average molecular weight is 303 g/mol. The Morgan fingerprint density at radius 3 is 1.38 bits per heavy atom. The topological polar surface area (TPSA) is 86.6 Å². The van der Waals surface area contributed by atoms with E-state index in [9.17, 15) is 9.59 Å². The van der Waals surface area contributed by atoms with E-state index >= 15 is 0 Å². The smallest absolute Gasteiger partial charge is 0.303 e. The Balaban J connectivity index is 0. The van der Waals surface area contributed by atoms with E-state index in [-0.39, 0.29) is 12.8 Å². The van der Waals surface area contributed by atoms with Crippen molar-refractivity contribution in [1.29, 1.82) is 0 Å². The lowest BCUT2D eigenvalue weighted by Gasteiger charge is -1.99. The van der Waals surface area contributed by atoms with Crippen LogP contribution < -0.4 is 5.32 Å². The van der Waals surface area contributed by atoms with Gasteiger partial charge in [0.25, 0.3) is 0 Å². The first-order chi connectivity index (χ1) is 10.0. The van der Waals surface area contributed by atoms with Crippen molar-refractivity contribution in [3.05, 3.63) is 0 Å². The van der Waals surface area contributed by atoms with Crippen LogP contribution in [0.2, 0.25) is 0 Å². The minimum atomic E-state index is -0.784. The molecule has 5 nitrogen and oxygen atoms in total. The van der Waals surface area contributed by atoms with Crippen molar-refractivity contribution in [2.24, 2.45) is 0 Å². The predicted molar refractivity (Wildman–Crippen MR) is 85.7 cm³/mol. The highest BCUT2D eigenvalue weighted by molar-refractivity contribution is 5.66. The molecule has 0 unspecified atom stereocenters. The van der Waals surface area contributed by atoms with Crippen molar-refractivity contribution in [2.45, 2.75) is 78.1 Å². The van der Waals surface area contributed by atoms with Crippen molar-refractivity contribution >= 4 is 11.9 Å². The number of nitrogens with one attached hydrogen (secondary N) is 1. The minimum absolute atomic E-state index is 0.188. The molecular weight excluding hydrogens is 270 g/mol. The molecule has 0 saturated carbocycles. The number of hydrogen-bond donors (Lipinski definition) is 3. The first kappa shape index (κ1) is 22.2. The van der Waals surface area contributed by atoms with Crippen LogP contribution in [0.4, 0.5) is 0 Å². The summed E-state index contributed by atoms with van der Waals surface area (Å²) in [5.74, 6) is -1.57. The third kappa shape index (κ3) is 27.9. The summed E-state index contributed by atoms with van der Waals surface area (Å²) >= 11 is 0. The average Bonchev–Trinajstić information content (AvgIpc) is 2.43. The lowest BCUT2D eigenvalue weighted by Crippen LogP contribution is -2.15. The molecule has 126 valence electrons. The van der Waals surface area contributed by atoms with Crippen LogP contribution in [0.5, 0.6) is 0 Å². The van der Waals surface area contributed by atoms with Gasteiger partial charge in [0.05, 0.1) is 0 Å². The summed E-state index contributed by atoms with van der Waals surface area (Å²) in [5, 5.41) is 19.9. The van der Waals surface area contributed by atoms with Crippen molar-refractivity contribution in [2.75, 3.05) is 13.1 Å². The van der Waals surface area contributed by atoms with Gasteiger partial charge in [0.1, 0.15) is 0 Å². The number of carboxylic acids is 2. The van der Waals surface area contributed by atoms with E-state index in [1.54, 1.807) is 0 Å². The van der Waals surface area contributed by atoms with Gasteiger partial charge in [-0.15, -0.1) is 0 Å². The highest BCUT2D eigenvalue weighted by Gasteiger charge is 1.98. The molecule has 0 radical (unpaired) electrons. The number of unbranched alkanes of at least 4 members (excludes halogenated alkanes) is 5. The number of hydrogen-bond acceptors (Lipinski definition) is 3. The Hall–Kier alpha value is -1.10. The zero-order valence-electron chi connectivity index (χ0n) is 13.7. The van der Waals surface area contributed by atoms with Gasteiger partial charge >= 0.3 is 11.9 Å². The molecule has 3 N–H and O–H groups in total. The maximum Gasteiger partial charge on any atom is 0.303 e. The third-order valence-electron chi connectivity index (χ3n) is 2.95. The van der Waals surface area contributed by atoms with E-state index < -0.39 is 11.9 Å². The molecule has 0 rings (SSSR count). The largest absolute Gasteiger partial charge is 0.481 e. The van der Waals surface area contributed by atoms with Crippen LogP contribution in [0.1, 0.15) is 78.1 Å². The molecule has 0 bridgehead atoms. The van der Waals surface area contributed by atoms with Crippen LogP contribution >= 0.6 is 0 Å². The summed E-state index contributed by atoms with van der Waals surface area (Å²) in [6.07, 6.45) is 8.54. The molecular formula is C16H33NO4. The summed E-state index contributed by atoms with van der Waals surface area (Å²) in [4.78, 5) is 20.1. The van der Waals surface area contributed by atoms with Gasteiger partial charge < -0.3 is 15.5 Å². The Morgan fingerprint density at radius 2 is 1.10 bits per heavy atom. The summed E-state index contributed by atoms with van der Waals surface area (Å²) < 4.78 is 0. The second-order valence-electron chi connectivity index (χ2n) is 5.16. The molecule has 0 aromatic heterocycles. The molecule has 0 aliphatic heterocycles. The molecule has 0 amide bonds. The zero-order chi connectivity index (χ0) is 16.3. The van der Waals surface area contributed by atoms with E-state index in [0.29, 0.717) is 12.8 Å². The molecule has 0 aliphatic rings. The number of carboxylic acid groups (broad SMARTS) is 2. The van der Waals surface area contributed by atoms with E-state index in [1.807, 2.05) is 0 Å². The highest BCUT2D eigenvalue weighted by atomic mass is 16.4. The summed E-state index contributed by atoms with van der Waals surface area (Å²) in [5.41, 5.74) is 0.